The Morgan fingerprint density at radius 1 is 0.956 bits per heavy atom. The highest BCUT2D eigenvalue weighted by Gasteiger charge is 2.35. The first-order valence-corrected chi connectivity index (χ1v) is 17.1. The number of nitrogens with one attached hydrogen (secondary N) is 1. The second kappa shape index (κ2) is 15.7. The summed E-state index contributed by atoms with van der Waals surface area (Å²) in [6.07, 6.45) is 5.24. The Bertz CT molecular complexity index is 1580. The first-order chi connectivity index (χ1) is 21.6. The van der Waals surface area contributed by atoms with Crippen molar-refractivity contribution in [2.45, 2.75) is 69.0 Å². The third-order valence-corrected chi connectivity index (χ3v) is 10.3. The van der Waals surface area contributed by atoms with E-state index in [0.29, 0.717) is 27.8 Å². The maximum atomic E-state index is 14.4. The molecule has 0 spiro atoms. The van der Waals surface area contributed by atoms with Gasteiger partial charge in [-0.3, -0.25) is 13.9 Å². The molecule has 0 aromatic heterocycles. The number of carbonyl (C=O) groups is 2. The van der Waals surface area contributed by atoms with E-state index >= 15 is 0 Å². The van der Waals surface area contributed by atoms with Crippen LogP contribution in [0.3, 0.4) is 0 Å². The van der Waals surface area contributed by atoms with E-state index in [4.69, 9.17) is 32.7 Å². The summed E-state index contributed by atoms with van der Waals surface area (Å²) in [5.41, 5.74) is 0.744. The molecule has 0 saturated heterocycles. The molecule has 0 unspecified atom stereocenters. The largest absolute Gasteiger partial charge is 0.497 e. The van der Waals surface area contributed by atoms with Crippen LogP contribution in [0.2, 0.25) is 10.0 Å². The zero-order valence-electron chi connectivity index (χ0n) is 25.7. The van der Waals surface area contributed by atoms with Gasteiger partial charge in [0, 0.05) is 22.6 Å². The van der Waals surface area contributed by atoms with Crippen LogP contribution in [0.25, 0.3) is 0 Å². The smallest absolute Gasteiger partial charge is 0.264 e. The Labute approximate surface area is 275 Å². The summed E-state index contributed by atoms with van der Waals surface area (Å²) in [6.45, 7) is 1.18. The number of hydrogen-bond acceptors (Lipinski definition) is 6. The number of rotatable bonds is 13. The van der Waals surface area contributed by atoms with Crippen LogP contribution in [0.5, 0.6) is 11.5 Å². The number of benzene rings is 3. The van der Waals surface area contributed by atoms with Gasteiger partial charge < -0.3 is 19.7 Å². The predicted octanol–water partition coefficient (Wildman–Crippen LogP) is 6.46. The zero-order valence-corrected chi connectivity index (χ0v) is 28.0. The van der Waals surface area contributed by atoms with Crippen molar-refractivity contribution in [2.75, 3.05) is 25.1 Å². The summed E-state index contributed by atoms with van der Waals surface area (Å²) in [4.78, 5) is 29.5. The quantitative estimate of drug-likeness (QED) is 0.223. The van der Waals surface area contributed by atoms with Crippen molar-refractivity contribution in [1.29, 1.82) is 0 Å². The lowest BCUT2D eigenvalue weighted by molar-refractivity contribution is -0.140. The van der Waals surface area contributed by atoms with E-state index in [-0.39, 0.29) is 34.8 Å². The minimum absolute atomic E-state index is 0.0249. The number of hydrogen-bond donors (Lipinski definition) is 1. The molecular weight excluding hydrogens is 637 g/mol. The molecule has 3 aromatic rings. The number of amides is 2. The number of halogens is 2. The van der Waals surface area contributed by atoms with Gasteiger partial charge in [-0.05, 0) is 73.4 Å². The van der Waals surface area contributed by atoms with Crippen LogP contribution < -0.4 is 19.1 Å². The number of anilines is 1. The van der Waals surface area contributed by atoms with Gasteiger partial charge >= 0.3 is 0 Å². The van der Waals surface area contributed by atoms with Crippen molar-refractivity contribution in [2.24, 2.45) is 0 Å². The topological polar surface area (TPSA) is 105 Å². The first-order valence-electron chi connectivity index (χ1n) is 14.9. The summed E-state index contributed by atoms with van der Waals surface area (Å²) >= 11 is 12.7. The molecule has 3 aromatic carbocycles. The van der Waals surface area contributed by atoms with Crippen LogP contribution in [-0.4, -0.2) is 58.0 Å². The molecule has 0 aliphatic heterocycles. The third-order valence-electron chi connectivity index (χ3n) is 7.97. The fourth-order valence-corrected chi connectivity index (χ4v) is 7.41. The molecule has 9 nitrogen and oxygen atoms in total. The molecule has 1 N–H and O–H groups in total. The zero-order chi connectivity index (χ0) is 32.6. The van der Waals surface area contributed by atoms with E-state index in [1.54, 1.807) is 42.5 Å². The molecule has 2 amide bonds. The molecule has 12 heteroatoms. The number of sulfonamides is 1. The average molecular weight is 677 g/mol. The van der Waals surface area contributed by atoms with Gasteiger partial charge in [-0.15, -0.1) is 0 Å². The SMILES string of the molecule is CC[C@H](C(=O)NC1CCCCC1)N(Cc1ccc(Cl)cc1Cl)C(=O)CN(c1ccccc1OC)S(=O)(=O)c1ccc(OC)cc1. The molecule has 45 heavy (non-hydrogen) atoms. The Balaban J connectivity index is 1.75. The summed E-state index contributed by atoms with van der Waals surface area (Å²) in [6, 6.07) is 16.5. The molecule has 1 fully saturated rings. The van der Waals surface area contributed by atoms with Gasteiger partial charge in [-0.2, -0.15) is 0 Å². The standard InChI is InChI=1S/C33H39Cl2N3O6S/c1-4-29(33(40)36-25-10-6-5-7-11-25)37(21-23-14-15-24(34)20-28(23)35)32(39)22-38(30-12-8-9-13-31(30)44-3)45(41,42)27-18-16-26(43-2)17-19-27/h8-9,12-20,25,29H,4-7,10-11,21-22H2,1-3H3,(H,36,40)/t29-/m1/s1. The van der Waals surface area contributed by atoms with Crippen molar-refractivity contribution in [1.82, 2.24) is 10.2 Å². The number of para-hydroxylation sites is 2. The molecule has 1 atom stereocenters. The molecule has 4 rings (SSSR count). The number of ether oxygens (including phenoxy) is 2. The summed E-state index contributed by atoms with van der Waals surface area (Å²) < 4.78 is 40.1. The van der Waals surface area contributed by atoms with Crippen molar-refractivity contribution in [3.8, 4) is 11.5 Å². The predicted molar refractivity (Wildman–Crippen MR) is 177 cm³/mol. The molecule has 0 heterocycles. The van der Waals surface area contributed by atoms with Gasteiger partial charge in [0.2, 0.25) is 11.8 Å². The van der Waals surface area contributed by atoms with Gasteiger partial charge in [0.25, 0.3) is 10.0 Å². The maximum Gasteiger partial charge on any atom is 0.264 e. The van der Waals surface area contributed by atoms with Gasteiger partial charge in [0.15, 0.2) is 0 Å². The highest BCUT2D eigenvalue weighted by Crippen LogP contribution is 2.33. The van der Waals surface area contributed by atoms with E-state index in [1.807, 2.05) is 6.92 Å². The molecule has 242 valence electrons. The van der Waals surface area contributed by atoms with Crippen LogP contribution in [0.1, 0.15) is 51.0 Å². The van der Waals surface area contributed by atoms with Gasteiger partial charge in [-0.1, -0.05) is 67.6 Å². The Morgan fingerprint density at radius 3 is 2.27 bits per heavy atom. The van der Waals surface area contributed by atoms with E-state index in [9.17, 15) is 18.0 Å². The van der Waals surface area contributed by atoms with Crippen molar-refractivity contribution < 1.29 is 27.5 Å². The molecule has 1 aliphatic rings. The second-order valence-electron chi connectivity index (χ2n) is 10.9. The van der Waals surface area contributed by atoms with E-state index in [1.165, 1.54) is 43.4 Å². The number of nitrogens with zero attached hydrogens (tertiary/aromatic N) is 2. The van der Waals surface area contributed by atoms with Crippen molar-refractivity contribution >= 4 is 50.7 Å². The summed E-state index contributed by atoms with van der Waals surface area (Å²) in [5, 5.41) is 3.89. The van der Waals surface area contributed by atoms with Gasteiger partial charge in [0.05, 0.1) is 24.8 Å². The molecular formula is C33H39Cl2N3O6S. The lowest BCUT2D eigenvalue weighted by Gasteiger charge is -2.35. The molecule has 1 saturated carbocycles. The highest BCUT2D eigenvalue weighted by molar-refractivity contribution is 7.92. The lowest BCUT2D eigenvalue weighted by atomic mass is 9.95. The van der Waals surface area contributed by atoms with Gasteiger partial charge in [0.1, 0.15) is 24.1 Å². The van der Waals surface area contributed by atoms with E-state index in [0.717, 1.165) is 36.4 Å². The van der Waals surface area contributed by atoms with Crippen molar-refractivity contribution in [3.05, 3.63) is 82.3 Å². The summed E-state index contributed by atoms with van der Waals surface area (Å²) in [7, 11) is -1.38. The number of methoxy groups -OCH3 is 2. The lowest BCUT2D eigenvalue weighted by Crippen LogP contribution is -2.54. The van der Waals surface area contributed by atoms with Crippen molar-refractivity contribution in [3.63, 3.8) is 0 Å². The van der Waals surface area contributed by atoms with E-state index < -0.39 is 28.5 Å². The minimum Gasteiger partial charge on any atom is -0.497 e. The molecule has 1 aliphatic carbocycles. The van der Waals surface area contributed by atoms with E-state index in [2.05, 4.69) is 5.32 Å². The van der Waals surface area contributed by atoms with Crippen LogP contribution in [0.15, 0.2) is 71.6 Å². The monoisotopic (exact) mass is 675 g/mol. The highest BCUT2D eigenvalue weighted by atomic mass is 35.5. The molecule has 0 bridgehead atoms. The second-order valence-corrected chi connectivity index (χ2v) is 13.6. The maximum absolute atomic E-state index is 14.4. The average Bonchev–Trinajstić information content (AvgIpc) is 3.04. The van der Waals surface area contributed by atoms with Crippen LogP contribution in [0.4, 0.5) is 5.69 Å². The third kappa shape index (κ3) is 8.42. The van der Waals surface area contributed by atoms with Gasteiger partial charge in [-0.25, -0.2) is 8.42 Å². The summed E-state index contributed by atoms with van der Waals surface area (Å²) in [5.74, 6) is -0.134. The van der Waals surface area contributed by atoms with Crippen LogP contribution in [0, 0.1) is 0 Å². The normalized spacial score (nSPS) is 14.3. The van der Waals surface area contributed by atoms with Crippen LogP contribution in [-0.2, 0) is 26.2 Å². The Hall–Kier alpha value is -3.47. The molecule has 0 radical (unpaired) electrons. The fraction of sp³-hybridized carbons (Fsp3) is 0.394. The number of carbonyl (C=O) groups excluding carboxylic acids is 2. The van der Waals surface area contributed by atoms with Crippen LogP contribution >= 0.6 is 23.2 Å². The minimum atomic E-state index is -4.30. The Morgan fingerprint density at radius 2 is 1.64 bits per heavy atom. The Kier molecular flexibility index (Phi) is 12.0. The fourth-order valence-electron chi connectivity index (χ4n) is 5.52. The first kappa shape index (κ1) is 34.4.